The van der Waals surface area contributed by atoms with Crippen LogP contribution in [0.2, 0.25) is 5.02 Å². The van der Waals surface area contributed by atoms with E-state index in [0.717, 1.165) is 5.82 Å². The predicted molar refractivity (Wildman–Crippen MR) is 129 cm³/mol. The molecule has 172 valence electrons. The Morgan fingerprint density at radius 2 is 1.47 bits per heavy atom. The molecule has 1 aromatic heterocycles. The van der Waals surface area contributed by atoms with Gasteiger partial charge < -0.3 is 19.4 Å². The average molecular weight is 476 g/mol. The number of ketones is 1. The minimum absolute atomic E-state index is 0.117. The van der Waals surface area contributed by atoms with E-state index < -0.39 is 0 Å². The standard InChI is InChI=1S/C26H22ClN3O4/c1-30-15-14-28-24(30)16-33-23-12-8-21(9-13-23)29-25(31)17-34-22-10-4-19(5-11-22)26(32)18-2-6-20(27)7-3-18/h2-15H,16-17H2,1H3,(H,29,31). The molecule has 0 fully saturated rings. The van der Waals surface area contributed by atoms with Crippen LogP contribution in [0.1, 0.15) is 21.7 Å². The van der Waals surface area contributed by atoms with Crippen LogP contribution in [0, 0.1) is 0 Å². The quantitative estimate of drug-likeness (QED) is 0.348. The molecule has 0 radical (unpaired) electrons. The first-order chi connectivity index (χ1) is 16.5. The number of carbonyl (C=O) groups is 2. The first-order valence-electron chi connectivity index (χ1n) is 10.5. The fraction of sp³-hybridized carbons (Fsp3) is 0.115. The Hall–Kier alpha value is -4.10. The molecule has 34 heavy (non-hydrogen) atoms. The highest BCUT2D eigenvalue weighted by Gasteiger charge is 2.10. The molecule has 7 nitrogen and oxygen atoms in total. The third-order valence-corrected chi connectivity index (χ3v) is 5.27. The van der Waals surface area contributed by atoms with Gasteiger partial charge in [0.25, 0.3) is 5.91 Å². The lowest BCUT2D eigenvalue weighted by Gasteiger charge is -2.10. The molecule has 3 aromatic carbocycles. The third-order valence-electron chi connectivity index (χ3n) is 5.02. The van der Waals surface area contributed by atoms with Gasteiger partial charge in [-0.05, 0) is 72.8 Å². The molecule has 0 saturated carbocycles. The summed E-state index contributed by atoms with van der Waals surface area (Å²) in [5, 5.41) is 3.35. The highest BCUT2D eigenvalue weighted by Crippen LogP contribution is 2.19. The molecule has 1 N–H and O–H groups in total. The van der Waals surface area contributed by atoms with Crippen molar-refractivity contribution >= 4 is 29.0 Å². The lowest BCUT2D eigenvalue weighted by Crippen LogP contribution is -2.20. The maximum Gasteiger partial charge on any atom is 0.262 e. The van der Waals surface area contributed by atoms with Crippen molar-refractivity contribution in [1.82, 2.24) is 9.55 Å². The van der Waals surface area contributed by atoms with Gasteiger partial charge in [0.15, 0.2) is 12.4 Å². The van der Waals surface area contributed by atoms with Gasteiger partial charge in [0.1, 0.15) is 23.9 Å². The molecule has 4 aromatic rings. The van der Waals surface area contributed by atoms with E-state index in [1.807, 2.05) is 17.8 Å². The number of rotatable bonds is 9. The fourth-order valence-corrected chi connectivity index (χ4v) is 3.26. The fourth-order valence-electron chi connectivity index (χ4n) is 3.13. The van der Waals surface area contributed by atoms with Gasteiger partial charge in [-0.1, -0.05) is 11.6 Å². The van der Waals surface area contributed by atoms with E-state index in [-0.39, 0.29) is 18.3 Å². The second kappa shape index (κ2) is 10.7. The Kier molecular flexibility index (Phi) is 7.25. The van der Waals surface area contributed by atoms with Crippen LogP contribution in [-0.2, 0) is 18.4 Å². The van der Waals surface area contributed by atoms with Gasteiger partial charge in [-0.25, -0.2) is 4.98 Å². The van der Waals surface area contributed by atoms with Gasteiger partial charge in [-0.2, -0.15) is 0 Å². The van der Waals surface area contributed by atoms with E-state index in [2.05, 4.69) is 10.3 Å². The highest BCUT2D eigenvalue weighted by atomic mass is 35.5. The second-order valence-corrected chi connectivity index (χ2v) is 7.90. The SMILES string of the molecule is Cn1ccnc1COc1ccc(NC(=O)COc2ccc(C(=O)c3ccc(Cl)cc3)cc2)cc1. The van der Waals surface area contributed by atoms with Crippen LogP contribution >= 0.6 is 11.6 Å². The molecular weight excluding hydrogens is 454 g/mol. The maximum atomic E-state index is 12.5. The molecule has 0 aliphatic rings. The molecule has 0 bridgehead atoms. The van der Waals surface area contributed by atoms with Crippen LogP contribution < -0.4 is 14.8 Å². The van der Waals surface area contributed by atoms with Gasteiger partial charge in [-0.3, -0.25) is 9.59 Å². The van der Waals surface area contributed by atoms with Crippen molar-refractivity contribution in [2.75, 3.05) is 11.9 Å². The largest absolute Gasteiger partial charge is 0.486 e. The minimum atomic E-state index is -0.303. The van der Waals surface area contributed by atoms with E-state index in [1.54, 1.807) is 79.0 Å². The van der Waals surface area contributed by atoms with E-state index in [0.29, 0.717) is 39.9 Å². The Morgan fingerprint density at radius 3 is 2.09 bits per heavy atom. The number of benzene rings is 3. The number of hydrogen-bond acceptors (Lipinski definition) is 5. The normalized spacial score (nSPS) is 10.5. The lowest BCUT2D eigenvalue weighted by atomic mass is 10.0. The third kappa shape index (κ3) is 6.02. The van der Waals surface area contributed by atoms with E-state index >= 15 is 0 Å². The summed E-state index contributed by atoms with van der Waals surface area (Å²) in [6, 6.07) is 20.4. The van der Waals surface area contributed by atoms with Crippen molar-refractivity contribution in [3.8, 4) is 11.5 Å². The summed E-state index contributed by atoms with van der Waals surface area (Å²) >= 11 is 5.87. The molecule has 0 aliphatic heterocycles. The number of carbonyl (C=O) groups excluding carboxylic acids is 2. The van der Waals surface area contributed by atoms with Crippen molar-refractivity contribution in [3.63, 3.8) is 0 Å². The number of hydrogen-bond donors (Lipinski definition) is 1. The summed E-state index contributed by atoms with van der Waals surface area (Å²) in [5.74, 6) is 1.56. The summed E-state index contributed by atoms with van der Waals surface area (Å²) in [7, 11) is 1.90. The summed E-state index contributed by atoms with van der Waals surface area (Å²) in [4.78, 5) is 29.0. The summed E-state index contributed by atoms with van der Waals surface area (Å²) in [6.45, 7) is 0.190. The zero-order valence-corrected chi connectivity index (χ0v) is 19.2. The van der Waals surface area contributed by atoms with Crippen LogP contribution in [0.3, 0.4) is 0 Å². The first-order valence-corrected chi connectivity index (χ1v) is 10.9. The van der Waals surface area contributed by atoms with Crippen LogP contribution in [0.25, 0.3) is 0 Å². The zero-order valence-electron chi connectivity index (χ0n) is 18.4. The number of nitrogens with zero attached hydrogens (tertiary/aromatic N) is 2. The Balaban J connectivity index is 1.24. The van der Waals surface area contributed by atoms with Crippen molar-refractivity contribution < 1.29 is 19.1 Å². The Labute approximate surface area is 201 Å². The van der Waals surface area contributed by atoms with Gasteiger partial charge in [0.2, 0.25) is 0 Å². The number of ether oxygens (including phenoxy) is 2. The number of amides is 1. The molecule has 0 saturated heterocycles. The number of halogens is 1. The lowest BCUT2D eigenvalue weighted by molar-refractivity contribution is -0.118. The number of anilines is 1. The van der Waals surface area contributed by atoms with E-state index in [1.165, 1.54) is 0 Å². The van der Waals surface area contributed by atoms with Crippen LogP contribution in [0.4, 0.5) is 5.69 Å². The molecular formula is C26H22ClN3O4. The Morgan fingerprint density at radius 1 is 0.882 bits per heavy atom. The molecule has 1 amide bonds. The average Bonchev–Trinajstić information content (AvgIpc) is 3.27. The first kappa shape index (κ1) is 23.1. The van der Waals surface area contributed by atoms with Gasteiger partial charge in [0, 0.05) is 41.3 Å². The van der Waals surface area contributed by atoms with Gasteiger partial charge in [0.05, 0.1) is 0 Å². The molecule has 0 aliphatic carbocycles. The Bertz CT molecular complexity index is 1270. The van der Waals surface area contributed by atoms with Crippen molar-refractivity contribution in [3.05, 3.63) is 107 Å². The molecule has 1 heterocycles. The molecule has 0 atom stereocenters. The van der Waals surface area contributed by atoms with Gasteiger partial charge in [-0.15, -0.1) is 0 Å². The smallest absolute Gasteiger partial charge is 0.262 e. The number of nitrogens with one attached hydrogen (secondary N) is 1. The van der Waals surface area contributed by atoms with E-state index in [9.17, 15) is 9.59 Å². The second-order valence-electron chi connectivity index (χ2n) is 7.46. The summed E-state index contributed by atoms with van der Waals surface area (Å²) in [6.07, 6.45) is 3.57. The molecule has 0 spiro atoms. The van der Waals surface area contributed by atoms with Crippen LogP contribution in [-0.4, -0.2) is 27.8 Å². The zero-order chi connectivity index (χ0) is 23.9. The van der Waals surface area contributed by atoms with Crippen LogP contribution in [0.5, 0.6) is 11.5 Å². The minimum Gasteiger partial charge on any atom is -0.486 e. The van der Waals surface area contributed by atoms with Crippen LogP contribution in [0.15, 0.2) is 85.2 Å². The molecule has 8 heteroatoms. The van der Waals surface area contributed by atoms with Gasteiger partial charge >= 0.3 is 0 Å². The topological polar surface area (TPSA) is 82.4 Å². The van der Waals surface area contributed by atoms with Crippen molar-refractivity contribution in [2.45, 2.75) is 6.61 Å². The van der Waals surface area contributed by atoms with E-state index in [4.69, 9.17) is 21.1 Å². The number of imidazole rings is 1. The van der Waals surface area contributed by atoms with Crippen molar-refractivity contribution in [2.24, 2.45) is 7.05 Å². The number of aromatic nitrogens is 2. The predicted octanol–water partition coefficient (Wildman–Crippen LogP) is 4.90. The summed E-state index contributed by atoms with van der Waals surface area (Å²) in [5.41, 5.74) is 1.69. The van der Waals surface area contributed by atoms with Crippen molar-refractivity contribution in [1.29, 1.82) is 0 Å². The highest BCUT2D eigenvalue weighted by molar-refractivity contribution is 6.30. The molecule has 0 unspecified atom stereocenters. The number of aryl methyl sites for hydroxylation is 1. The summed E-state index contributed by atoms with van der Waals surface area (Å²) < 4.78 is 13.1. The maximum absolute atomic E-state index is 12.5. The monoisotopic (exact) mass is 475 g/mol. The molecule has 4 rings (SSSR count).